The molecule has 1 amide bonds. The van der Waals surface area contributed by atoms with Crippen LogP contribution in [0.5, 0.6) is 0 Å². The molecule has 0 saturated heterocycles. The third-order valence-electron chi connectivity index (χ3n) is 3.50. The van der Waals surface area contributed by atoms with Crippen molar-refractivity contribution in [3.05, 3.63) is 24.2 Å². The summed E-state index contributed by atoms with van der Waals surface area (Å²) in [5.41, 5.74) is 0. The van der Waals surface area contributed by atoms with Crippen LogP contribution in [0.3, 0.4) is 0 Å². The molecule has 98 valence electrons. The van der Waals surface area contributed by atoms with E-state index in [1.165, 1.54) is 0 Å². The minimum atomic E-state index is -0.877. The van der Waals surface area contributed by atoms with Crippen LogP contribution in [-0.2, 0) is 9.59 Å². The molecule has 3 atom stereocenters. The molecule has 2 rings (SSSR count). The maximum Gasteiger partial charge on any atom is 0.307 e. The highest BCUT2D eigenvalue weighted by molar-refractivity contribution is 5.85. The second-order valence-corrected chi connectivity index (χ2v) is 4.73. The lowest BCUT2D eigenvalue weighted by atomic mass is 9.95. The second-order valence-electron chi connectivity index (χ2n) is 4.73. The molecule has 1 aromatic rings. The number of hydrogen-bond donors (Lipinski definition) is 2. The molecule has 1 fully saturated rings. The van der Waals surface area contributed by atoms with Crippen LogP contribution >= 0.6 is 0 Å². The summed E-state index contributed by atoms with van der Waals surface area (Å²) in [5, 5.41) is 11.9. The molecular formula is C13H17NO4. The predicted molar refractivity (Wildman–Crippen MR) is 63.7 cm³/mol. The van der Waals surface area contributed by atoms with Gasteiger partial charge in [0.25, 0.3) is 0 Å². The summed E-state index contributed by atoms with van der Waals surface area (Å²) in [5.74, 6) is -1.36. The number of carboxylic acid groups (broad SMARTS) is 1. The molecule has 5 heteroatoms. The first kappa shape index (κ1) is 12.7. The third-order valence-corrected chi connectivity index (χ3v) is 3.50. The lowest BCUT2D eigenvalue weighted by Gasteiger charge is -2.18. The highest BCUT2D eigenvalue weighted by Crippen LogP contribution is 2.32. The molecule has 18 heavy (non-hydrogen) atoms. The molecule has 5 nitrogen and oxygen atoms in total. The van der Waals surface area contributed by atoms with Crippen molar-refractivity contribution in [2.45, 2.75) is 32.2 Å². The van der Waals surface area contributed by atoms with Gasteiger partial charge in [0, 0.05) is 0 Å². The Labute approximate surface area is 105 Å². The number of carbonyl (C=O) groups is 2. The van der Waals surface area contributed by atoms with E-state index >= 15 is 0 Å². The zero-order chi connectivity index (χ0) is 13.1. The van der Waals surface area contributed by atoms with Crippen LogP contribution in [0.15, 0.2) is 22.8 Å². The van der Waals surface area contributed by atoms with Gasteiger partial charge in [0.05, 0.1) is 24.1 Å². The maximum absolute atomic E-state index is 12.0. The van der Waals surface area contributed by atoms with Crippen molar-refractivity contribution in [2.75, 3.05) is 0 Å². The van der Waals surface area contributed by atoms with E-state index < -0.39 is 17.8 Å². The number of carboxylic acids is 1. The Kier molecular flexibility index (Phi) is 3.69. The van der Waals surface area contributed by atoms with Crippen molar-refractivity contribution in [1.29, 1.82) is 0 Å². The summed E-state index contributed by atoms with van der Waals surface area (Å²) in [6.45, 7) is 1.82. The van der Waals surface area contributed by atoms with Crippen molar-refractivity contribution in [3.8, 4) is 0 Å². The van der Waals surface area contributed by atoms with Crippen LogP contribution in [0.25, 0.3) is 0 Å². The van der Waals surface area contributed by atoms with E-state index in [0.717, 1.165) is 6.42 Å². The van der Waals surface area contributed by atoms with Gasteiger partial charge in [-0.05, 0) is 31.9 Å². The molecule has 0 radical (unpaired) electrons. The Hall–Kier alpha value is -1.78. The number of aliphatic carboxylic acids is 1. The molecular weight excluding hydrogens is 234 g/mol. The van der Waals surface area contributed by atoms with Crippen LogP contribution < -0.4 is 5.32 Å². The Balaban J connectivity index is 1.97. The first-order valence-corrected chi connectivity index (χ1v) is 6.16. The molecule has 0 spiro atoms. The quantitative estimate of drug-likeness (QED) is 0.857. The minimum absolute atomic E-state index is 0.191. The van der Waals surface area contributed by atoms with E-state index in [1.54, 1.807) is 18.4 Å². The molecule has 0 aromatic carbocycles. The largest absolute Gasteiger partial charge is 0.481 e. The standard InChI is InChI=1S/C13H17NO4/c1-8(11-6-3-7-18-11)14-12(15)9-4-2-5-10(9)13(16)17/h3,6-10H,2,4-5H2,1H3,(H,14,15)(H,16,17)/t8-,9?,10?/m1/s1. The van der Waals surface area contributed by atoms with Crippen LogP contribution in [0.1, 0.15) is 38.0 Å². The van der Waals surface area contributed by atoms with Gasteiger partial charge < -0.3 is 14.8 Å². The average Bonchev–Trinajstić information content (AvgIpc) is 3.00. The minimum Gasteiger partial charge on any atom is -0.481 e. The number of hydrogen-bond acceptors (Lipinski definition) is 3. The average molecular weight is 251 g/mol. The fourth-order valence-electron chi connectivity index (χ4n) is 2.50. The van der Waals surface area contributed by atoms with Crippen LogP contribution in [0.4, 0.5) is 0 Å². The zero-order valence-corrected chi connectivity index (χ0v) is 10.3. The van der Waals surface area contributed by atoms with Crippen LogP contribution in [-0.4, -0.2) is 17.0 Å². The first-order valence-electron chi connectivity index (χ1n) is 6.16. The first-order chi connectivity index (χ1) is 8.59. The van der Waals surface area contributed by atoms with Gasteiger partial charge in [0.1, 0.15) is 5.76 Å². The third kappa shape index (κ3) is 2.55. The monoisotopic (exact) mass is 251 g/mol. The molecule has 1 aromatic heterocycles. The van der Waals surface area contributed by atoms with Gasteiger partial charge in [-0.15, -0.1) is 0 Å². The molecule has 0 bridgehead atoms. The van der Waals surface area contributed by atoms with Crippen molar-refractivity contribution >= 4 is 11.9 Å². The predicted octanol–water partition coefficient (Wildman–Crippen LogP) is 1.96. The smallest absolute Gasteiger partial charge is 0.307 e. The number of furan rings is 1. The van der Waals surface area contributed by atoms with Gasteiger partial charge >= 0.3 is 5.97 Å². The van der Waals surface area contributed by atoms with E-state index in [1.807, 2.05) is 6.92 Å². The summed E-state index contributed by atoms with van der Waals surface area (Å²) in [7, 11) is 0. The molecule has 1 saturated carbocycles. The summed E-state index contributed by atoms with van der Waals surface area (Å²) < 4.78 is 5.20. The van der Waals surface area contributed by atoms with Gasteiger partial charge in [0.2, 0.25) is 5.91 Å². The number of amides is 1. The molecule has 1 heterocycles. The normalized spacial score (nSPS) is 24.7. The number of rotatable bonds is 4. The number of carbonyl (C=O) groups excluding carboxylic acids is 1. The molecule has 2 N–H and O–H groups in total. The SMILES string of the molecule is C[C@@H](NC(=O)C1CCCC1C(=O)O)c1ccco1. The molecule has 1 aliphatic carbocycles. The van der Waals surface area contributed by atoms with Gasteiger partial charge in [-0.2, -0.15) is 0 Å². The van der Waals surface area contributed by atoms with E-state index in [4.69, 9.17) is 9.52 Å². The van der Waals surface area contributed by atoms with E-state index in [9.17, 15) is 9.59 Å². The molecule has 0 aliphatic heterocycles. The Morgan fingerprint density at radius 3 is 2.78 bits per heavy atom. The summed E-state index contributed by atoms with van der Waals surface area (Å²) in [6, 6.07) is 3.31. The highest BCUT2D eigenvalue weighted by Gasteiger charge is 2.38. The lowest BCUT2D eigenvalue weighted by Crippen LogP contribution is -2.36. The topological polar surface area (TPSA) is 79.5 Å². The Bertz CT molecular complexity index is 426. The fraction of sp³-hybridized carbons (Fsp3) is 0.538. The van der Waals surface area contributed by atoms with Crippen molar-refractivity contribution in [3.63, 3.8) is 0 Å². The Morgan fingerprint density at radius 1 is 1.44 bits per heavy atom. The van der Waals surface area contributed by atoms with Crippen molar-refractivity contribution in [1.82, 2.24) is 5.32 Å². The fourth-order valence-corrected chi connectivity index (χ4v) is 2.50. The lowest BCUT2D eigenvalue weighted by molar-refractivity contribution is -0.146. The second kappa shape index (κ2) is 5.25. The van der Waals surface area contributed by atoms with Gasteiger partial charge in [-0.1, -0.05) is 6.42 Å². The maximum atomic E-state index is 12.0. The van der Waals surface area contributed by atoms with E-state index in [2.05, 4.69) is 5.32 Å². The van der Waals surface area contributed by atoms with E-state index in [0.29, 0.717) is 18.6 Å². The summed E-state index contributed by atoms with van der Waals surface area (Å²) >= 11 is 0. The number of nitrogens with one attached hydrogen (secondary N) is 1. The Morgan fingerprint density at radius 2 is 2.17 bits per heavy atom. The highest BCUT2D eigenvalue weighted by atomic mass is 16.4. The van der Waals surface area contributed by atoms with Gasteiger partial charge in [0.15, 0.2) is 0 Å². The molecule has 1 aliphatic rings. The van der Waals surface area contributed by atoms with Crippen molar-refractivity contribution in [2.24, 2.45) is 11.8 Å². The van der Waals surface area contributed by atoms with E-state index in [-0.39, 0.29) is 11.9 Å². The molecule has 2 unspecified atom stereocenters. The summed E-state index contributed by atoms with van der Waals surface area (Å²) in [4.78, 5) is 23.1. The summed E-state index contributed by atoms with van der Waals surface area (Å²) in [6.07, 6.45) is 3.58. The zero-order valence-electron chi connectivity index (χ0n) is 10.3. The van der Waals surface area contributed by atoms with Crippen LogP contribution in [0.2, 0.25) is 0 Å². The van der Waals surface area contributed by atoms with Gasteiger partial charge in [-0.25, -0.2) is 0 Å². The van der Waals surface area contributed by atoms with Crippen molar-refractivity contribution < 1.29 is 19.1 Å². The van der Waals surface area contributed by atoms with Crippen LogP contribution in [0, 0.1) is 11.8 Å². The van der Waals surface area contributed by atoms with Gasteiger partial charge in [-0.3, -0.25) is 9.59 Å².